The van der Waals surface area contributed by atoms with Crippen molar-refractivity contribution in [3.8, 4) is 5.75 Å². The number of carbonyl (C=O) groups is 2. The number of aromatic nitrogens is 1. The van der Waals surface area contributed by atoms with Crippen LogP contribution in [0.15, 0.2) is 54.6 Å². The molecule has 1 heterocycles. The summed E-state index contributed by atoms with van der Waals surface area (Å²) in [6, 6.07) is 15.3. The Morgan fingerprint density at radius 1 is 1.19 bits per heavy atom. The van der Waals surface area contributed by atoms with Gasteiger partial charge in [0.2, 0.25) is 0 Å². The van der Waals surface area contributed by atoms with Crippen LogP contribution in [0.2, 0.25) is 0 Å². The molecule has 32 heavy (non-hydrogen) atoms. The predicted octanol–water partition coefficient (Wildman–Crippen LogP) is 5.15. The number of benzene rings is 3. The van der Waals surface area contributed by atoms with E-state index in [2.05, 4.69) is 10.3 Å². The second-order valence-corrected chi connectivity index (χ2v) is 8.73. The zero-order valence-electron chi connectivity index (χ0n) is 17.5. The third kappa shape index (κ3) is 4.13. The highest BCUT2D eigenvalue weighted by atomic mass is 32.1. The summed E-state index contributed by atoms with van der Waals surface area (Å²) in [7, 11) is 0. The summed E-state index contributed by atoms with van der Waals surface area (Å²) in [4.78, 5) is 29.2. The molecule has 3 aromatic carbocycles. The number of fused-ring (bicyclic) bond motifs is 2. The second kappa shape index (κ2) is 8.55. The maximum atomic E-state index is 13.5. The monoisotopic (exact) mass is 452 g/mol. The molecule has 1 unspecified atom stereocenters. The maximum absolute atomic E-state index is 13.5. The number of rotatable bonds is 7. The van der Waals surface area contributed by atoms with Gasteiger partial charge in [-0.2, -0.15) is 0 Å². The number of carboxylic acids is 1. The van der Waals surface area contributed by atoms with Crippen molar-refractivity contribution in [2.24, 2.45) is 0 Å². The molecule has 0 radical (unpaired) electrons. The van der Waals surface area contributed by atoms with Gasteiger partial charge < -0.3 is 15.2 Å². The summed E-state index contributed by atoms with van der Waals surface area (Å²) in [5.41, 5.74) is -0.500. The van der Waals surface area contributed by atoms with Crippen LogP contribution in [0.25, 0.3) is 21.0 Å². The van der Waals surface area contributed by atoms with Crippen LogP contribution in [0.1, 0.15) is 35.6 Å². The summed E-state index contributed by atoms with van der Waals surface area (Å²) in [5.74, 6) is -1.64. The van der Waals surface area contributed by atoms with E-state index in [1.165, 1.54) is 30.4 Å². The standard InChI is InChI=1S/C24H21FN2O4S/c1-3-24(2,23(29)30)27-22(28)17-10-8-14-6-4-5-7-16(14)21(17)31-13-20-26-18-11-9-15(25)12-19(18)32-20/h4-12H,3,13H2,1-2H3,(H,27,28)(H,29,30). The number of aliphatic carboxylic acids is 1. The van der Waals surface area contributed by atoms with Crippen molar-refractivity contribution >= 4 is 44.2 Å². The highest BCUT2D eigenvalue weighted by Gasteiger charge is 2.34. The minimum atomic E-state index is -1.41. The number of carbonyl (C=O) groups excluding carboxylic acids is 1. The molecule has 0 saturated carbocycles. The van der Waals surface area contributed by atoms with Crippen LogP contribution in [0, 0.1) is 5.82 Å². The maximum Gasteiger partial charge on any atom is 0.329 e. The summed E-state index contributed by atoms with van der Waals surface area (Å²) in [5, 5.41) is 14.4. The molecule has 0 spiro atoms. The molecule has 1 atom stereocenters. The van der Waals surface area contributed by atoms with Crippen molar-refractivity contribution in [3.05, 3.63) is 71.0 Å². The predicted molar refractivity (Wildman–Crippen MR) is 122 cm³/mol. The number of halogens is 1. The van der Waals surface area contributed by atoms with E-state index in [0.29, 0.717) is 21.0 Å². The molecule has 0 aliphatic heterocycles. The largest absolute Gasteiger partial charge is 0.485 e. The first-order valence-electron chi connectivity index (χ1n) is 10.1. The Bertz CT molecular complexity index is 1340. The Hall–Kier alpha value is -3.52. The van der Waals surface area contributed by atoms with Crippen LogP contribution in [0.5, 0.6) is 5.75 Å². The highest BCUT2D eigenvalue weighted by molar-refractivity contribution is 7.18. The Balaban J connectivity index is 1.69. The fraction of sp³-hybridized carbons (Fsp3) is 0.208. The molecule has 0 fully saturated rings. The molecular weight excluding hydrogens is 431 g/mol. The first-order chi connectivity index (χ1) is 15.3. The van der Waals surface area contributed by atoms with E-state index in [0.717, 1.165) is 10.8 Å². The van der Waals surface area contributed by atoms with Gasteiger partial charge in [0, 0.05) is 5.39 Å². The summed E-state index contributed by atoms with van der Waals surface area (Å²) < 4.78 is 20.3. The molecule has 0 aliphatic carbocycles. The molecule has 0 saturated heterocycles. The first-order valence-corrected chi connectivity index (χ1v) is 10.9. The first kappa shape index (κ1) is 21.7. The van der Waals surface area contributed by atoms with Crippen molar-refractivity contribution < 1.29 is 23.8 Å². The molecule has 1 amide bonds. The van der Waals surface area contributed by atoms with E-state index in [1.807, 2.05) is 24.3 Å². The van der Waals surface area contributed by atoms with Gasteiger partial charge in [-0.25, -0.2) is 14.2 Å². The fourth-order valence-corrected chi connectivity index (χ4v) is 4.24. The average Bonchev–Trinajstić information content (AvgIpc) is 3.18. The van der Waals surface area contributed by atoms with Gasteiger partial charge in [0.05, 0.1) is 15.8 Å². The van der Waals surface area contributed by atoms with Gasteiger partial charge in [0.25, 0.3) is 5.91 Å². The smallest absolute Gasteiger partial charge is 0.329 e. The number of ether oxygens (including phenoxy) is 1. The number of hydrogen-bond acceptors (Lipinski definition) is 5. The quantitative estimate of drug-likeness (QED) is 0.405. The van der Waals surface area contributed by atoms with E-state index >= 15 is 0 Å². The minimum Gasteiger partial charge on any atom is -0.485 e. The van der Waals surface area contributed by atoms with Crippen molar-refractivity contribution in [1.29, 1.82) is 0 Å². The third-order valence-electron chi connectivity index (χ3n) is 5.43. The average molecular weight is 453 g/mol. The van der Waals surface area contributed by atoms with Crippen molar-refractivity contribution in [1.82, 2.24) is 10.3 Å². The Kier molecular flexibility index (Phi) is 5.80. The number of nitrogens with one attached hydrogen (secondary N) is 1. The van der Waals surface area contributed by atoms with Gasteiger partial charge in [-0.3, -0.25) is 4.79 Å². The van der Waals surface area contributed by atoms with Crippen LogP contribution in [-0.2, 0) is 11.4 Å². The van der Waals surface area contributed by atoms with E-state index < -0.39 is 17.4 Å². The zero-order chi connectivity index (χ0) is 22.9. The lowest BCUT2D eigenvalue weighted by atomic mass is 9.97. The van der Waals surface area contributed by atoms with Crippen LogP contribution in [-0.4, -0.2) is 27.5 Å². The molecule has 8 heteroatoms. The van der Waals surface area contributed by atoms with E-state index in [4.69, 9.17) is 4.74 Å². The second-order valence-electron chi connectivity index (χ2n) is 7.62. The van der Waals surface area contributed by atoms with Crippen LogP contribution in [0.3, 0.4) is 0 Å². The molecule has 4 aromatic rings. The lowest BCUT2D eigenvalue weighted by Gasteiger charge is -2.25. The zero-order valence-corrected chi connectivity index (χ0v) is 18.3. The van der Waals surface area contributed by atoms with Crippen LogP contribution in [0.4, 0.5) is 4.39 Å². The molecule has 4 rings (SSSR count). The van der Waals surface area contributed by atoms with Crippen molar-refractivity contribution in [2.45, 2.75) is 32.4 Å². The van der Waals surface area contributed by atoms with E-state index in [-0.39, 0.29) is 24.4 Å². The number of thiazole rings is 1. The summed E-state index contributed by atoms with van der Waals surface area (Å²) in [6.07, 6.45) is 0.222. The van der Waals surface area contributed by atoms with Gasteiger partial charge in [-0.05, 0) is 43.0 Å². The summed E-state index contributed by atoms with van der Waals surface area (Å²) in [6.45, 7) is 3.25. The van der Waals surface area contributed by atoms with E-state index in [9.17, 15) is 19.1 Å². The number of hydrogen-bond donors (Lipinski definition) is 2. The third-order valence-corrected chi connectivity index (χ3v) is 6.42. The van der Waals surface area contributed by atoms with Gasteiger partial charge >= 0.3 is 5.97 Å². The number of carboxylic acid groups (broad SMARTS) is 1. The van der Waals surface area contributed by atoms with Crippen LogP contribution < -0.4 is 10.1 Å². The van der Waals surface area contributed by atoms with Gasteiger partial charge in [0.1, 0.15) is 28.7 Å². The summed E-state index contributed by atoms with van der Waals surface area (Å²) >= 11 is 1.31. The lowest BCUT2D eigenvalue weighted by molar-refractivity contribution is -0.143. The Morgan fingerprint density at radius 3 is 2.72 bits per heavy atom. The molecule has 2 N–H and O–H groups in total. The van der Waals surface area contributed by atoms with Gasteiger partial charge in [-0.1, -0.05) is 37.3 Å². The number of nitrogens with zero attached hydrogens (tertiary/aromatic N) is 1. The Labute approximate surface area is 187 Å². The molecule has 164 valence electrons. The SMILES string of the molecule is CCC(C)(NC(=O)c1ccc2ccccc2c1OCc1nc2ccc(F)cc2s1)C(=O)O. The molecule has 0 bridgehead atoms. The number of amides is 1. The molecule has 0 aliphatic rings. The minimum absolute atomic E-state index is 0.0826. The van der Waals surface area contributed by atoms with Gasteiger partial charge in [-0.15, -0.1) is 11.3 Å². The molecule has 1 aromatic heterocycles. The topological polar surface area (TPSA) is 88.5 Å². The molecule has 6 nitrogen and oxygen atoms in total. The van der Waals surface area contributed by atoms with Crippen LogP contribution >= 0.6 is 11.3 Å². The normalized spacial score (nSPS) is 13.1. The van der Waals surface area contributed by atoms with Gasteiger partial charge in [0.15, 0.2) is 0 Å². The van der Waals surface area contributed by atoms with Crippen molar-refractivity contribution in [2.75, 3.05) is 0 Å². The molecular formula is C24H21FN2O4S. The fourth-order valence-electron chi connectivity index (χ4n) is 3.33. The highest BCUT2D eigenvalue weighted by Crippen LogP contribution is 2.32. The lowest BCUT2D eigenvalue weighted by Crippen LogP contribution is -2.51. The van der Waals surface area contributed by atoms with E-state index in [1.54, 1.807) is 25.1 Å². The van der Waals surface area contributed by atoms with Crippen molar-refractivity contribution in [3.63, 3.8) is 0 Å². The Morgan fingerprint density at radius 2 is 1.97 bits per heavy atom.